The van der Waals surface area contributed by atoms with E-state index in [9.17, 15) is 15.0 Å². The van der Waals surface area contributed by atoms with Crippen LogP contribution in [0.5, 0.6) is 0 Å². The number of amides is 1. The Morgan fingerprint density at radius 1 is 1.38 bits per heavy atom. The molecule has 21 heavy (non-hydrogen) atoms. The first-order valence-corrected chi connectivity index (χ1v) is 6.70. The second-order valence-electron chi connectivity index (χ2n) is 4.79. The van der Waals surface area contributed by atoms with Crippen molar-refractivity contribution in [3.05, 3.63) is 36.2 Å². The standard InChI is InChI=1S/C15H18N2O4/c1-2-15(9-18,10-19)17-13(20)7-8-14-16-11-5-3-4-6-12(11)21-14/h3-8,18-19H,2,9-10H2,1H3,(H,17,20)/b8-7+. The van der Waals surface area contributed by atoms with E-state index < -0.39 is 11.4 Å². The topological polar surface area (TPSA) is 95.6 Å². The van der Waals surface area contributed by atoms with Gasteiger partial charge in [0, 0.05) is 12.2 Å². The number of carbonyl (C=O) groups is 1. The van der Waals surface area contributed by atoms with E-state index in [4.69, 9.17) is 4.42 Å². The van der Waals surface area contributed by atoms with Gasteiger partial charge in [0.1, 0.15) is 5.52 Å². The third-order valence-corrected chi connectivity index (χ3v) is 3.36. The molecular weight excluding hydrogens is 272 g/mol. The van der Waals surface area contributed by atoms with Crippen LogP contribution in [0.1, 0.15) is 19.2 Å². The van der Waals surface area contributed by atoms with Crippen LogP contribution in [-0.4, -0.2) is 39.9 Å². The minimum Gasteiger partial charge on any atom is -0.437 e. The van der Waals surface area contributed by atoms with Gasteiger partial charge in [0.25, 0.3) is 0 Å². The van der Waals surface area contributed by atoms with Crippen LogP contribution in [-0.2, 0) is 4.79 Å². The Morgan fingerprint density at radius 3 is 2.71 bits per heavy atom. The quantitative estimate of drug-likeness (QED) is 0.692. The van der Waals surface area contributed by atoms with Crippen molar-refractivity contribution in [1.82, 2.24) is 10.3 Å². The summed E-state index contributed by atoms with van der Waals surface area (Å²) in [5.41, 5.74) is 0.347. The van der Waals surface area contributed by atoms with Gasteiger partial charge in [-0.1, -0.05) is 19.1 Å². The molecule has 0 fully saturated rings. The number of oxazole rings is 1. The first-order chi connectivity index (χ1) is 10.1. The highest BCUT2D eigenvalue weighted by Crippen LogP contribution is 2.15. The Balaban J connectivity index is 2.08. The Bertz CT molecular complexity index is 603. The fourth-order valence-corrected chi connectivity index (χ4v) is 1.85. The summed E-state index contributed by atoms with van der Waals surface area (Å²) in [7, 11) is 0. The summed E-state index contributed by atoms with van der Waals surface area (Å²) in [4.78, 5) is 16.0. The summed E-state index contributed by atoms with van der Waals surface area (Å²) >= 11 is 0. The van der Waals surface area contributed by atoms with Crippen molar-refractivity contribution in [2.24, 2.45) is 0 Å². The molecule has 0 aliphatic rings. The fraction of sp³-hybridized carbons (Fsp3) is 0.333. The van der Waals surface area contributed by atoms with Gasteiger partial charge in [-0.2, -0.15) is 0 Å². The van der Waals surface area contributed by atoms with E-state index in [0.29, 0.717) is 23.4 Å². The third kappa shape index (κ3) is 3.48. The molecule has 0 bridgehead atoms. The van der Waals surface area contributed by atoms with Crippen LogP contribution in [0.4, 0.5) is 0 Å². The SMILES string of the molecule is CCC(CO)(CO)NC(=O)/C=C/c1nc2ccccc2o1. The summed E-state index contributed by atoms with van der Waals surface area (Å²) in [6.45, 7) is 1.11. The monoisotopic (exact) mass is 290 g/mol. The van der Waals surface area contributed by atoms with Crippen molar-refractivity contribution in [3.8, 4) is 0 Å². The highest BCUT2D eigenvalue weighted by Gasteiger charge is 2.27. The Morgan fingerprint density at radius 2 is 2.10 bits per heavy atom. The molecule has 1 heterocycles. The van der Waals surface area contributed by atoms with E-state index in [-0.39, 0.29) is 13.2 Å². The third-order valence-electron chi connectivity index (χ3n) is 3.36. The molecule has 1 amide bonds. The van der Waals surface area contributed by atoms with Gasteiger partial charge in [-0.05, 0) is 18.6 Å². The number of aliphatic hydroxyl groups excluding tert-OH is 2. The largest absolute Gasteiger partial charge is 0.437 e. The maximum Gasteiger partial charge on any atom is 0.244 e. The Hall–Kier alpha value is -2.18. The summed E-state index contributed by atoms with van der Waals surface area (Å²) < 4.78 is 5.45. The van der Waals surface area contributed by atoms with E-state index in [1.54, 1.807) is 13.0 Å². The van der Waals surface area contributed by atoms with Gasteiger partial charge in [-0.25, -0.2) is 4.98 Å². The van der Waals surface area contributed by atoms with E-state index in [1.807, 2.05) is 18.2 Å². The molecule has 1 aromatic heterocycles. The maximum absolute atomic E-state index is 11.8. The number of benzene rings is 1. The van der Waals surface area contributed by atoms with Crippen molar-refractivity contribution >= 4 is 23.1 Å². The zero-order valence-corrected chi connectivity index (χ0v) is 11.7. The molecule has 112 valence electrons. The summed E-state index contributed by atoms with van der Waals surface area (Å²) in [6.07, 6.45) is 3.13. The van der Waals surface area contributed by atoms with Gasteiger partial charge in [0.15, 0.2) is 5.58 Å². The molecule has 3 N–H and O–H groups in total. The Labute approximate surface area is 122 Å². The number of nitrogens with one attached hydrogen (secondary N) is 1. The maximum atomic E-state index is 11.8. The van der Waals surface area contributed by atoms with Crippen molar-refractivity contribution in [2.75, 3.05) is 13.2 Å². The van der Waals surface area contributed by atoms with E-state index in [2.05, 4.69) is 10.3 Å². The summed E-state index contributed by atoms with van der Waals surface area (Å²) in [5, 5.41) is 21.1. The highest BCUT2D eigenvalue weighted by molar-refractivity contribution is 5.92. The molecule has 0 atom stereocenters. The summed E-state index contributed by atoms with van der Waals surface area (Å²) in [5.74, 6) is -0.108. The minimum atomic E-state index is -1.01. The number of hydrogen-bond donors (Lipinski definition) is 3. The lowest BCUT2D eigenvalue weighted by atomic mass is 9.98. The normalized spacial score (nSPS) is 12.1. The molecule has 6 heteroatoms. The summed E-state index contributed by atoms with van der Waals surface area (Å²) in [6, 6.07) is 7.30. The van der Waals surface area contributed by atoms with Crippen LogP contribution in [0.25, 0.3) is 17.2 Å². The number of fused-ring (bicyclic) bond motifs is 1. The van der Waals surface area contributed by atoms with Crippen LogP contribution >= 0.6 is 0 Å². The van der Waals surface area contributed by atoms with Crippen LogP contribution in [0, 0.1) is 0 Å². The highest BCUT2D eigenvalue weighted by atomic mass is 16.3. The van der Waals surface area contributed by atoms with Gasteiger partial charge in [0.2, 0.25) is 11.8 Å². The average molecular weight is 290 g/mol. The zero-order valence-electron chi connectivity index (χ0n) is 11.7. The molecule has 0 unspecified atom stereocenters. The van der Waals surface area contributed by atoms with Gasteiger partial charge >= 0.3 is 0 Å². The number of para-hydroxylation sites is 2. The van der Waals surface area contributed by atoms with Crippen molar-refractivity contribution in [1.29, 1.82) is 0 Å². The Kier molecular flexibility index (Phi) is 4.72. The fourth-order valence-electron chi connectivity index (χ4n) is 1.85. The zero-order chi connectivity index (χ0) is 15.3. The average Bonchev–Trinajstić information content (AvgIpc) is 2.94. The van der Waals surface area contributed by atoms with E-state index in [1.165, 1.54) is 12.2 Å². The molecule has 0 aliphatic carbocycles. The predicted octanol–water partition coefficient (Wildman–Crippen LogP) is 1.09. The smallest absolute Gasteiger partial charge is 0.244 e. The molecule has 0 aliphatic heterocycles. The lowest BCUT2D eigenvalue weighted by Crippen LogP contribution is -2.53. The van der Waals surface area contributed by atoms with Crippen molar-refractivity contribution < 1.29 is 19.4 Å². The molecule has 0 saturated carbocycles. The van der Waals surface area contributed by atoms with E-state index >= 15 is 0 Å². The van der Waals surface area contributed by atoms with Crippen LogP contribution in [0.3, 0.4) is 0 Å². The first-order valence-electron chi connectivity index (χ1n) is 6.70. The molecular formula is C15H18N2O4. The number of rotatable bonds is 6. The van der Waals surface area contributed by atoms with Crippen molar-refractivity contribution in [3.63, 3.8) is 0 Å². The number of hydrogen-bond acceptors (Lipinski definition) is 5. The van der Waals surface area contributed by atoms with Gasteiger partial charge in [0.05, 0.1) is 18.8 Å². The van der Waals surface area contributed by atoms with Gasteiger partial charge in [-0.15, -0.1) is 0 Å². The molecule has 2 aromatic rings. The second kappa shape index (κ2) is 6.51. The lowest BCUT2D eigenvalue weighted by molar-refractivity contribution is -0.119. The lowest BCUT2D eigenvalue weighted by Gasteiger charge is -2.28. The molecule has 1 aromatic carbocycles. The number of carbonyl (C=O) groups excluding carboxylic acids is 1. The predicted molar refractivity (Wildman–Crippen MR) is 78.4 cm³/mol. The molecule has 6 nitrogen and oxygen atoms in total. The first kappa shape index (κ1) is 15.2. The van der Waals surface area contributed by atoms with Gasteiger partial charge in [-0.3, -0.25) is 4.79 Å². The molecule has 0 saturated heterocycles. The van der Waals surface area contributed by atoms with Crippen LogP contribution < -0.4 is 5.32 Å². The number of aliphatic hydroxyl groups is 2. The van der Waals surface area contributed by atoms with E-state index in [0.717, 1.165) is 0 Å². The van der Waals surface area contributed by atoms with Crippen LogP contribution in [0.15, 0.2) is 34.8 Å². The molecule has 0 spiro atoms. The molecule has 2 rings (SSSR count). The minimum absolute atomic E-state index is 0.321. The number of aromatic nitrogens is 1. The van der Waals surface area contributed by atoms with Gasteiger partial charge < -0.3 is 19.9 Å². The molecule has 0 radical (unpaired) electrons. The second-order valence-corrected chi connectivity index (χ2v) is 4.79. The van der Waals surface area contributed by atoms with Crippen LogP contribution in [0.2, 0.25) is 0 Å². The van der Waals surface area contributed by atoms with Crippen molar-refractivity contribution in [2.45, 2.75) is 18.9 Å². The number of nitrogens with zero attached hydrogens (tertiary/aromatic N) is 1.